The molecular formula is C19H15ClFN3O2. The molecule has 0 saturated carbocycles. The highest BCUT2D eigenvalue weighted by Crippen LogP contribution is 2.14. The second-order valence-corrected chi connectivity index (χ2v) is 5.95. The summed E-state index contributed by atoms with van der Waals surface area (Å²) >= 11 is 6.01. The Balaban J connectivity index is 1.94. The van der Waals surface area contributed by atoms with Gasteiger partial charge in [-0.15, -0.1) is 0 Å². The number of benzene rings is 2. The summed E-state index contributed by atoms with van der Waals surface area (Å²) in [6, 6.07) is 10.9. The normalized spacial score (nSPS) is 11.2. The third-order valence-electron chi connectivity index (χ3n) is 3.90. The quantitative estimate of drug-likeness (QED) is 0.563. The number of rotatable bonds is 4. The van der Waals surface area contributed by atoms with Gasteiger partial charge >= 0.3 is 0 Å². The number of amides is 1. The zero-order valence-electron chi connectivity index (χ0n) is 13.9. The van der Waals surface area contributed by atoms with Crippen LogP contribution in [0.3, 0.4) is 0 Å². The lowest BCUT2D eigenvalue weighted by atomic mass is 10.1. The topological polar surface area (TPSA) is 63.5 Å². The number of hydrazone groups is 1. The van der Waals surface area contributed by atoms with E-state index in [1.54, 1.807) is 28.8 Å². The molecule has 3 rings (SSSR count). The van der Waals surface area contributed by atoms with Crippen molar-refractivity contribution in [2.75, 3.05) is 0 Å². The maximum atomic E-state index is 13.5. The first-order chi connectivity index (χ1) is 12.5. The number of carbonyl (C=O) groups excluding carboxylic acids is 1. The maximum absolute atomic E-state index is 13.5. The molecule has 1 heterocycles. The number of hydrogen-bond donors (Lipinski definition) is 1. The minimum Gasteiger partial charge on any atom is -0.347 e. The van der Waals surface area contributed by atoms with E-state index in [-0.39, 0.29) is 10.9 Å². The van der Waals surface area contributed by atoms with E-state index in [4.69, 9.17) is 11.6 Å². The fourth-order valence-electron chi connectivity index (χ4n) is 2.59. The van der Waals surface area contributed by atoms with E-state index in [0.29, 0.717) is 22.6 Å². The predicted molar refractivity (Wildman–Crippen MR) is 100 cm³/mol. The van der Waals surface area contributed by atoms with Crippen LogP contribution in [0.1, 0.15) is 22.8 Å². The molecule has 7 heteroatoms. The van der Waals surface area contributed by atoms with E-state index in [1.165, 1.54) is 24.5 Å². The van der Waals surface area contributed by atoms with Crippen molar-refractivity contribution in [1.82, 2.24) is 9.99 Å². The van der Waals surface area contributed by atoms with Crippen molar-refractivity contribution in [3.8, 4) is 0 Å². The zero-order chi connectivity index (χ0) is 18.7. The number of aryl methyl sites for hydroxylation is 1. The third-order valence-corrected chi connectivity index (χ3v) is 4.25. The molecule has 1 aromatic heterocycles. The van der Waals surface area contributed by atoms with Crippen LogP contribution >= 0.6 is 11.6 Å². The van der Waals surface area contributed by atoms with Gasteiger partial charge in [-0.2, -0.15) is 5.10 Å². The average molecular weight is 372 g/mol. The minimum atomic E-state index is -0.674. The second-order valence-electron chi connectivity index (χ2n) is 5.54. The van der Waals surface area contributed by atoms with Crippen LogP contribution in [0.2, 0.25) is 5.02 Å². The molecular weight excluding hydrogens is 357 g/mol. The summed E-state index contributed by atoms with van der Waals surface area (Å²) < 4.78 is 15.2. The van der Waals surface area contributed by atoms with Crippen molar-refractivity contribution in [1.29, 1.82) is 0 Å². The summed E-state index contributed by atoms with van der Waals surface area (Å²) in [7, 11) is 0. The lowest BCUT2D eigenvalue weighted by Crippen LogP contribution is -2.27. The van der Waals surface area contributed by atoms with Crippen molar-refractivity contribution in [3.05, 3.63) is 80.9 Å². The summed E-state index contributed by atoms with van der Waals surface area (Å²) in [6.45, 7) is 2.39. The monoisotopic (exact) mass is 371 g/mol. The Labute approximate surface area is 153 Å². The molecule has 0 aliphatic heterocycles. The van der Waals surface area contributed by atoms with Crippen molar-refractivity contribution in [2.45, 2.75) is 13.5 Å². The Bertz CT molecular complexity index is 1080. The number of carbonyl (C=O) groups is 1. The number of fused-ring (bicyclic) bond motifs is 1. The van der Waals surface area contributed by atoms with Gasteiger partial charge in [-0.05, 0) is 31.2 Å². The lowest BCUT2D eigenvalue weighted by Gasteiger charge is -2.10. The largest absolute Gasteiger partial charge is 0.347 e. The summed E-state index contributed by atoms with van der Waals surface area (Å²) in [5.74, 6) is -1.21. The van der Waals surface area contributed by atoms with E-state index >= 15 is 0 Å². The molecule has 0 spiro atoms. The Hall–Kier alpha value is -2.99. The number of hydrogen-bond acceptors (Lipinski definition) is 3. The Morgan fingerprint density at radius 2 is 2.08 bits per heavy atom. The molecule has 0 atom stereocenters. The molecule has 0 fully saturated rings. The number of aromatic nitrogens is 1. The van der Waals surface area contributed by atoms with Crippen LogP contribution < -0.4 is 10.9 Å². The number of nitrogens with zero attached hydrogens (tertiary/aromatic N) is 2. The summed E-state index contributed by atoms with van der Waals surface area (Å²) in [6.07, 6.45) is 2.84. The molecule has 0 saturated heterocycles. The SMILES string of the molecule is CCn1cc(C(=O)NN=Cc2ccccc2Cl)c(=O)c2cc(F)ccc21. The molecule has 1 amide bonds. The molecule has 0 unspecified atom stereocenters. The van der Waals surface area contributed by atoms with Gasteiger partial charge in [-0.25, -0.2) is 9.82 Å². The lowest BCUT2D eigenvalue weighted by molar-refractivity contribution is 0.0953. The van der Waals surface area contributed by atoms with Gasteiger partial charge in [0.05, 0.1) is 11.7 Å². The highest BCUT2D eigenvalue weighted by molar-refractivity contribution is 6.33. The van der Waals surface area contributed by atoms with Gasteiger partial charge in [0.15, 0.2) is 0 Å². The molecule has 1 N–H and O–H groups in total. The molecule has 0 aliphatic carbocycles. The molecule has 5 nitrogen and oxygen atoms in total. The minimum absolute atomic E-state index is 0.110. The van der Waals surface area contributed by atoms with Crippen molar-refractivity contribution >= 4 is 34.6 Å². The number of nitrogens with one attached hydrogen (secondary N) is 1. The number of pyridine rings is 1. The van der Waals surface area contributed by atoms with Crippen molar-refractivity contribution in [2.24, 2.45) is 5.10 Å². The predicted octanol–water partition coefficient (Wildman–Crippen LogP) is 3.58. The first kappa shape index (κ1) is 17.8. The van der Waals surface area contributed by atoms with Crippen LogP contribution in [0.5, 0.6) is 0 Å². The summed E-state index contributed by atoms with van der Waals surface area (Å²) in [4.78, 5) is 24.9. The summed E-state index contributed by atoms with van der Waals surface area (Å²) in [5.41, 5.74) is 2.85. The average Bonchev–Trinajstić information content (AvgIpc) is 2.64. The highest BCUT2D eigenvalue weighted by atomic mass is 35.5. The highest BCUT2D eigenvalue weighted by Gasteiger charge is 2.15. The van der Waals surface area contributed by atoms with Crippen LogP contribution in [0.4, 0.5) is 4.39 Å². The molecule has 0 aliphatic rings. The van der Waals surface area contributed by atoms with Crippen LogP contribution in [-0.2, 0) is 6.54 Å². The standard InChI is InChI=1S/C19H15ClFN3O2/c1-2-24-11-15(18(25)14-9-13(21)7-8-17(14)24)19(26)23-22-10-12-5-3-4-6-16(12)20/h3-11H,2H2,1H3,(H,23,26). The molecule has 3 aromatic rings. The van der Waals surface area contributed by atoms with Gasteiger partial charge in [0.2, 0.25) is 5.43 Å². The third kappa shape index (κ3) is 3.50. The van der Waals surface area contributed by atoms with Gasteiger partial charge < -0.3 is 4.57 Å². The van der Waals surface area contributed by atoms with E-state index in [9.17, 15) is 14.0 Å². The smallest absolute Gasteiger partial charge is 0.276 e. The Morgan fingerprint density at radius 1 is 1.31 bits per heavy atom. The molecule has 0 radical (unpaired) electrons. The van der Waals surface area contributed by atoms with Crippen LogP contribution in [0.15, 0.2) is 58.6 Å². The molecule has 26 heavy (non-hydrogen) atoms. The maximum Gasteiger partial charge on any atom is 0.276 e. The van der Waals surface area contributed by atoms with Gasteiger partial charge in [-0.3, -0.25) is 9.59 Å². The van der Waals surface area contributed by atoms with E-state index in [0.717, 1.165) is 6.07 Å². The van der Waals surface area contributed by atoms with Crippen LogP contribution in [0.25, 0.3) is 10.9 Å². The van der Waals surface area contributed by atoms with E-state index in [1.807, 2.05) is 6.92 Å². The first-order valence-corrected chi connectivity index (χ1v) is 8.29. The molecule has 2 aromatic carbocycles. The zero-order valence-corrected chi connectivity index (χ0v) is 14.6. The molecule has 0 bridgehead atoms. The van der Waals surface area contributed by atoms with Gasteiger partial charge in [0.1, 0.15) is 11.4 Å². The van der Waals surface area contributed by atoms with E-state index in [2.05, 4.69) is 10.5 Å². The fourth-order valence-corrected chi connectivity index (χ4v) is 2.78. The van der Waals surface area contributed by atoms with Gasteiger partial charge in [-0.1, -0.05) is 29.8 Å². The molecule has 132 valence electrons. The number of halogens is 2. The van der Waals surface area contributed by atoms with E-state index < -0.39 is 17.2 Å². The Kier molecular flexibility index (Phi) is 5.14. The Morgan fingerprint density at radius 3 is 2.81 bits per heavy atom. The summed E-state index contributed by atoms with van der Waals surface area (Å²) in [5, 5.41) is 4.48. The van der Waals surface area contributed by atoms with Crippen LogP contribution in [-0.4, -0.2) is 16.7 Å². The van der Waals surface area contributed by atoms with Crippen LogP contribution in [0, 0.1) is 5.82 Å². The van der Waals surface area contributed by atoms with Crippen molar-refractivity contribution < 1.29 is 9.18 Å². The van der Waals surface area contributed by atoms with Gasteiger partial charge in [0, 0.05) is 28.7 Å². The van der Waals surface area contributed by atoms with Crippen molar-refractivity contribution in [3.63, 3.8) is 0 Å². The fraction of sp³-hybridized carbons (Fsp3) is 0.105. The first-order valence-electron chi connectivity index (χ1n) is 7.92. The second kappa shape index (κ2) is 7.49. The van der Waals surface area contributed by atoms with Gasteiger partial charge in [0.25, 0.3) is 5.91 Å².